The molecule has 0 fully saturated rings. The molecule has 1 heterocycles. The molecule has 0 saturated heterocycles. The summed E-state index contributed by atoms with van der Waals surface area (Å²) in [7, 11) is 2.59. The Morgan fingerprint density at radius 1 is 0.917 bits per heavy atom. The average Bonchev–Trinajstić information content (AvgIpc) is 3.03. The summed E-state index contributed by atoms with van der Waals surface area (Å²) in [6.45, 7) is 4.34. The van der Waals surface area contributed by atoms with E-state index in [1.54, 1.807) is 21.3 Å². The van der Waals surface area contributed by atoms with Gasteiger partial charge in [-0.25, -0.2) is 9.13 Å². The summed E-state index contributed by atoms with van der Waals surface area (Å²) in [5.41, 5.74) is 0. The van der Waals surface area contributed by atoms with Crippen LogP contribution in [0.5, 0.6) is 0 Å². The smallest absolute Gasteiger partial charge is 0.500 e. The van der Waals surface area contributed by atoms with Crippen LogP contribution in [0.2, 0.25) is 6.04 Å². The maximum Gasteiger partial charge on any atom is 0.500 e. The minimum atomic E-state index is -2.42. The lowest BCUT2D eigenvalue weighted by Crippen LogP contribution is -3.00. The van der Waals surface area contributed by atoms with Crippen LogP contribution in [-0.4, -0.2) is 34.7 Å². The summed E-state index contributed by atoms with van der Waals surface area (Å²) >= 11 is 0. The molecular formula is C17H35IN2O3Si. The van der Waals surface area contributed by atoms with Crippen molar-refractivity contribution in [1.82, 2.24) is 4.57 Å². The third kappa shape index (κ3) is 8.94. The van der Waals surface area contributed by atoms with Gasteiger partial charge in [0.2, 0.25) is 6.33 Å². The van der Waals surface area contributed by atoms with E-state index in [1.165, 1.54) is 38.5 Å². The van der Waals surface area contributed by atoms with Crippen molar-refractivity contribution in [2.24, 2.45) is 0 Å². The van der Waals surface area contributed by atoms with E-state index in [-0.39, 0.29) is 24.0 Å². The summed E-state index contributed by atoms with van der Waals surface area (Å²) < 4.78 is 20.9. The Kier molecular flexibility index (Phi) is 14.3. The second-order valence-electron chi connectivity index (χ2n) is 6.06. The number of hydrogen-bond donors (Lipinski definition) is 0. The molecule has 0 amide bonds. The largest absolute Gasteiger partial charge is 1.00 e. The molecule has 142 valence electrons. The minimum absolute atomic E-state index is 0. The lowest BCUT2D eigenvalue weighted by Gasteiger charge is -2.23. The van der Waals surface area contributed by atoms with Gasteiger partial charge in [-0.3, -0.25) is 0 Å². The molecule has 5 nitrogen and oxygen atoms in total. The standard InChI is InChI=1S/C17H35N2O3Si.HI/c1-5-6-7-8-9-10-12-18-14-15-19(17-18)13-11-16-23(20-2,21-3)22-4;/h14-15,17H,5-13,16H2,1-4H3;1H/q+1;/p-1. The van der Waals surface area contributed by atoms with E-state index in [9.17, 15) is 0 Å². The number of aryl methyl sites for hydroxylation is 2. The maximum absolute atomic E-state index is 5.45. The monoisotopic (exact) mass is 470 g/mol. The Hall–Kier alpha value is 0.0369. The van der Waals surface area contributed by atoms with Crippen LogP contribution in [0.3, 0.4) is 0 Å². The molecule has 1 aromatic rings. The van der Waals surface area contributed by atoms with E-state index in [1.807, 2.05) is 0 Å². The normalized spacial score (nSPS) is 11.5. The first-order valence-electron chi connectivity index (χ1n) is 8.90. The zero-order valence-corrected chi connectivity index (χ0v) is 19.0. The van der Waals surface area contributed by atoms with E-state index in [0.29, 0.717) is 0 Å². The molecule has 7 heteroatoms. The van der Waals surface area contributed by atoms with Gasteiger partial charge in [-0.2, -0.15) is 0 Å². The summed E-state index contributed by atoms with van der Waals surface area (Å²) in [4.78, 5) is 0. The molecule has 0 aliphatic heterocycles. The molecule has 0 spiro atoms. The topological polar surface area (TPSA) is 36.5 Å². The fraction of sp³-hybridized carbons (Fsp3) is 0.824. The predicted octanol–water partition coefficient (Wildman–Crippen LogP) is 0.408. The van der Waals surface area contributed by atoms with Gasteiger partial charge in [0.1, 0.15) is 12.4 Å². The Morgan fingerprint density at radius 3 is 2.17 bits per heavy atom. The van der Waals surface area contributed by atoms with E-state index in [4.69, 9.17) is 13.3 Å². The van der Waals surface area contributed by atoms with Gasteiger partial charge in [0.15, 0.2) is 0 Å². The number of nitrogens with zero attached hydrogens (tertiary/aromatic N) is 2. The van der Waals surface area contributed by atoms with Gasteiger partial charge in [0.05, 0.1) is 13.1 Å². The second-order valence-corrected chi connectivity index (χ2v) is 9.15. The number of hydrogen-bond acceptors (Lipinski definition) is 3. The van der Waals surface area contributed by atoms with Crippen LogP contribution in [0.25, 0.3) is 0 Å². The average molecular weight is 470 g/mol. The van der Waals surface area contributed by atoms with Crippen molar-refractivity contribution < 1.29 is 41.8 Å². The van der Waals surface area contributed by atoms with E-state index in [0.717, 1.165) is 25.6 Å². The van der Waals surface area contributed by atoms with Crippen LogP contribution in [0.1, 0.15) is 51.9 Å². The number of imidazole rings is 1. The Morgan fingerprint density at radius 2 is 1.54 bits per heavy atom. The van der Waals surface area contributed by atoms with Crippen LogP contribution in [-0.2, 0) is 26.4 Å². The van der Waals surface area contributed by atoms with Gasteiger partial charge in [0.25, 0.3) is 0 Å². The Balaban J connectivity index is 0.00000529. The quantitative estimate of drug-likeness (QED) is 0.171. The van der Waals surface area contributed by atoms with Gasteiger partial charge in [-0.1, -0.05) is 32.6 Å². The molecular weight excluding hydrogens is 435 g/mol. The molecule has 0 atom stereocenters. The summed E-state index contributed by atoms with van der Waals surface area (Å²) in [6, 6.07) is 0.839. The summed E-state index contributed by atoms with van der Waals surface area (Å²) in [5, 5.41) is 0. The van der Waals surface area contributed by atoms with E-state index in [2.05, 4.69) is 34.8 Å². The summed E-state index contributed by atoms with van der Waals surface area (Å²) in [6.07, 6.45) is 15.5. The van der Waals surface area contributed by atoms with Crippen molar-refractivity contribution in [2.45, 2.75) is 71.0 Å². The molecule has 0 aliphatic rings. The zero-order valence-electron chi connectivity index (χ0n) is 15.8. The Labute approximate surface area is 166 Å². The summed E-state index contributed by atoms with van der Waals surface area (Å²) in [5.74, 6) is 0. The van der Waals surface area contributed by atoms with Crippen molar-refractivity contribution in [3.05, 3.63) is 18.7 Å². The molecule has 0 aromatic carbocycles. The van der Waals surface area contributed by atoms with Crippen LogP contribution >= 0.6 is 0 Å². The molecule has 0 aliphatic carbocycles. The fourth-order valence-electron chi connectivity index (χ4n) is 2.81. The first-order valence-corrected chi connectivity index (χ1v) is 10.8. The van der Waals surface area contributed by atoms with Crippen molar-refractivity contribution in [3.63, 3.8) is 0 Å². The predicted molar refractivity (Wildman–Crippen MR) is 94.2 cm³/mol. The number of unbranched alkanes of at least 4 members (excludes halogenated alkanes) is 5. The van der Waals surface area contributed by atoms with Crippen LogP contribution in [0.4, 0.5) is 0 Å². The van der Waals surface area contributed by atoms with Gasteiger partial charge in [-0.15, -0.1) is 0 Å². The lowest BCUT2D eigenvalue weighted by molar-refractivity contribution is -0.696. The molecule has 1 aromatic heterocycles. The molecule has 24 heavy (non-hydrogen) atoms. The highest BCUT2D eigenvalue weighted by atomic mass is 127. The lowest BCUT2D eigenvalue weighted by atomic mass is 10.1. The number of halogens is 1. The first kappa shape index (κ1) is 24.0. The third-order valence-corrected chi connectivity index (χ3v) is 7.18. The molecule has 0 unspecified atom stereocenters. The van der Waals surface area contributed by atoms with Gasteiger partial charge in [0, 0.05) is 27.4 Å². The van der Waals surface area contributed by atoms with Crippen molar-refractivity contribution in [2.75, 3.05) is 21.3 Å². The number of rotatable bonds is 14. The molecule has 0 bridgehead atoms. The van der Waals surface area contributed by atoms with Crippen molar-refractivity contribution in [3.8, 4) is 0 Å². The van der Waals surface area contributed by atoms with Gasteiger partial charge < -0.3 is 37.3 Å². The second kappa shape index (κ2) is 14.2. The highest BCUT2D eigenvalue weighted by Crippen LogP contribution is 2.14. The molecule has 1 rings (SSSR count). The van der Waals surface area contributed by atoms with Crippen molar-refractivity contribution in [1.29, 1.82) is 0 Å². The van der Waals surface area contributed by atoms with Gasteiger partial charge in [-0.05, 0) is 19.3 Å². The first-order chi connectivity index (χ1) is 11.2. The fourth-order valence-corrected chi connectivity index (χ4v) is 4.52. The molecule has 0 radical (unpaired) electrons. The SMILES string of the molecule is CCCCCCCCn1cc[n+](CCC[Si](OC)(OC)OC)c1.[I-]. The highest BCUT2D eigenvalue weighted by Gasteiger charge is 2.37. The number of aromatic nitrogens is 2. The van der Waals surface area contributed by atoms with E-state index < -0.39 is 8.80 Å². The van der Waals surface area contributed by atoms with Crippen LogP contribution in [0, 0.1) is 0 Å². The highest BCUT2D eigenvalue weighted by molar-refractivity contribution is 6.60. The van der Waals surface area contributed by atoms with E-state index >= 15 is 0 Å². The maximum atomic E-state index is 5.45. The Bertz CT molecular complexity index is 406. The molecule has 0 saturated carbocycles. The van der Waals surface area contributed by atoms with Gasteiger partial charge >= 0.3 is 8.80 Å². The van der Waals surface area contributed by atoms with Crippen LogP contribution < -0.4 is 28.5 Å². The van der Waals surface area contributed by atoms with Crippen molar-refractivity contribution >= 4 is 8.80 Å². The van der Waals surface area contributed by atoms with Crippen LogP contribution in [0.15, 0.2) is 18.7 Å². The minimum Gasteiger partial charge on any atom is -1.00 e. The third-order valence-electron chi connectivity index (χ3n) is 4.35. The molecule has 0 N–H and O–H groups in total. The zero-order chi connectivity index (χ0) is 17.0.